The van der Waals surface area contributed by atoms with Crippen LogP contribution in [0.4, 0.5) is 0 Å². The highest BCUT2D eigenvalue weighted by molar-refractivity contribution is 6.04. The molecule has 2 unspecified atom stereocenters. The molecule has 0 N–H and O–H groups in total. The van der Waals surface area contributed by atoms with E-state index in [-0.39, 0.29) is 34.2 Å². The maximum atomic E-state index is 13.2. The number of rotatable bonds is 0. The van der Waals surface area contributed by atoms with Crippen LogP contribution in [0, 0.1) is 11.8 Å². The van der Waals surface area contributed by atoms with Crippen molar-refractivity contribution in [2.24, 2.45) is 11.8 Å². The van der Waals surface area contributed by atoms with Crippen molar-refractivity contribution in [2.45, 2.75) is 65.2 Å². The van der Waals surface area contributed by atoms with E-state index in [9.17, 15) is 9.59 Å². The zero-order valence-electron chi connectivity index (χ0n) is 15.7. The van der Waals surface area contributed by atoms with Crippen LogP contribution in [-0.4, -0.2) is 18.2 Å². The number of Topliss-reactive ketones (excluding diaryl/α,β-unsaturated/α-hetero) is 2. The van der Waals surface area contributed by atoms with Gasteiger partial charge in [0.1, 0.15) is 11.5 Å². The van der Waals surface area contributed by atoms with Gasteiger partial charge < -0.3 is 4.74 Å². The molecular weight excluding hydrogens is 300 g/mol. The van der Waals surface area contributed by atoms with Crippen LogP contribution in [0.3, 0.4) is 0 Å². The Bertz CT molecular complexity index is 701. The molecule has 1 aliphatic heterocycles. The molecule has 1 aromatic rings. The van der Waals surface area contributed by atoms with Gasteiger partial charge in [-0.2, -0.15) is 0 Å². The molecule has 0 spiro atoms. The molecule has 0 bridgehead atoms. The summed E-state index contributed by atoms with van der Waals surface area (Å²) in [6, 6.07) is 4.19. The molecule has 2 atom stereocenters. The lowest BCUT2D eigenvalue weighted by Gasteiger charge is -2.28. The molecule has 24 heavy (non-hydrogen) atoms. The van der Waals surface area contributed by atoms with Crippen LogP contribution in [-0.2, 0) is 15.6 Å². The number of ketones is 2. The molecule has 0 amide bonds. The molecule has 2 aliphatic rings. The summed E-state index contributed by atoms with van der Waals surface area (Å²) >= 11 is 0. The predicted molar refractivity (Wildman–Crippen MR) is 94.9 cm³/mol. The lowest BCUT2D eigenvalue weighted by Crippen LogP contribution is -2.21. The lowest BCUT2D eigenvalue weighted by atomic mass is 9.77. The molecule has 1 saturated carbocycles. The van der Waals surface area contributed by atoms with Gasteiger partial charge in [-0.05, 0) is 22.5 Å². The van der Waals surface area contributed by atoms with Crippen molar-refractivity contribution in [3.05, 3.63) is 28.8 Å². The van der Waals surface area contributed by atoms with E-state index in [0.29, 0.717) is 25.0 Å². The van der Waals surface area contributed by atoms with E-state index in [1.807, 2.05) is 6.07 Å². The summed E-state index contributed by atoms with van der Waals surface area (Å²) in [5, 5.41) is 0. The molecule has 0 aromatic heterocycles. The number of fused-ring (bicyclic) bond motifs is 2. The zero-order chi connectivity index (χ0) is 17.9. The molecule has 1 heterocycles. The molecule has 0 saturated heterocycles. The summed E-state index contributed by atoms with van der Waals surface area (Å²) in [4.78, 5) is 25.0. The summed E-state index contributed by atoms with van der Waals surface area (Å²) in [7, 11) is 0. The maximum absolute atomic E-state index is 13.2. The number of hydrogen-bond acceptors (Lipinski definition) is 3. The summed E-state index contributed by atoms with van der Waals surface area (Å²) in [5.74, 6) is 0.843. The fourth-order valence-electron chi connectivity index (χ4n) is 3.76. The Hall–Kier alpha value is -1.64. The van der Waals surface area contributed by atoms with Crippen molar-refractivity contribution in [1.82, 2.24) is 0 Å². The standard InChI is InChI=1S/C21H28O3/c1-20(2,3)13-8-16-18(23)15-10-14(22)7-12(15)11-24-19(16)17(9-13)21(4,5)6/h8-9,12,15H,7,10-11H2,1-6H3. The van der Waals surface area contributed by atoms with Gasteiger partial charge >= 0.3 is 0 Å². The quantitative estimate of drug-likeness (QED) is 0.706. The second-order valence-corrected chi connectivity index (χ2v) is 9.39. The van der Waals surface area contributed by atoms with Crippen LogP contribution in [0.1, 0.15) is 75.9 Å². The Morgan fingerprint density at radius 3 is 2.21 bits per heavy atom. The Morgan fingerprint density at radius 2 is 1.62 bits per heavy atom. The number of carbonyl (C=O) groups is 2. The van der Waals surface area contributed by atoms with Gasteiger partial charge in [-0.3, -0.25) is 9.59 Å². The number of carbonyl (C=O) groups excluding carboxylic acids is 2. The van der Waals surface area contributed by atoms with Gasteiger partial charge in [0.2, 0.25) is 0 Å². The van der Waals surface area contributed by atoms with E-state index < -0.39 is 0 Å². The van der Waals surface area contributed by atoms with Crippen LogP contribution >= 0.6 is 0 Å². The van der Waals surface area contributed by atoms with Gasteiger partial charge in [0.25, 0.3) is 0 Å². The largest absolute Gasteiger partial charge is 0.492 e. The third-order valence-electron chi connectivity index (χ3n) is 5.31. The van der Waals surface area contributed by atoms with Crippen LogP contribution in [0.15, 0.2) is 12.1 Å². The van der Waals surface area contributed by atoms with Crippen molar-refractivity contribution in [3.63, 3.8) is 0 Å². The lowest BCUT2D eigenvalue weighted by molar-refractivity contribution is -0.117. The minimum atomic E-state index is -0.207. The fraction of sp³-hybridized carbons (Fsp3) is 0.619. The molecule has 0 radical (unpaired) electrons. The Labute approximate surface area is 144 Å². The molecule has 3 heteroatoms. The highest BCUT2D eigenvalue weighted by Crippen LogP contribution is 2.44. The van der Waals surface area contributed by atoms with Gasteiger partial charge in [0, 0.05) is 30.2 Å². The van der Waals surface area contributed by atoms with Gasteiger partial charge in [-0.15, -0.1) is 0 Å². The maximum Gasteiger partial charge on any atom is 0.170 e. The highest BCUT2D eigenvalue weighted by atomic mass is 16.5. The average Bonchev–Trinajstić information content (AvgIpc) is 2.77. The van der Waals surface area contributed by atoms with Crippen molar-refractivity contribution < 1.29 is 14.3 Å². The van der Waals surface area contributed by atoms with Crippen molar-refractivity contribution in [3.8, 4) is 5.75 Å². The smallest absolute Gasteiger partial charge is 0.170 e. The van der Waals surface area contributed by atoms with Crippen molar-refractivity contribution in [2.75, 3.05) is 6.61 Å². The number of ether oxygens (including phenoxy) is 1. The molecule has 3 nitrogen and oxygen atoms in total. The first-order valence-corrected chi connectivity index (χ1v) is 8.86. The number of hydrogen-bond donors (Lipinski definition) is 0. The van der Waals surface area contributed by atoms with Gasteiger partial charge in [0.05, 0.1) is 12.2 Å². The van der Waals surface area contributed by atoms with E-state index in [1.165, 1.54) is 0 Å². The second-order valence-electron chi connectivity index (χ2n) is 9.39. The fourth-order valence-corrected chi connectivity index (χ4v) is 3.76. The minimum Gasteiger partial charge on any atom is -0.492 e. The number of benzene rings is 1. The molecule has 1 fully saturated rings. The Kier molecular flexibility index (Phi) is 3.89. The molecular formula is C21H28O3. The van der Waals surface area contributed by atoms with Gasteiger partial charge in [-0.1, -0.05) is 47.6 Å². The summed E-state index contributed by atoms with van der Waals surface area (Å²) in [6.07, 6.45) is 0.846. The van der Waals surface area contributed by atoms with Crippen LogP contribution in [0.25, 0.3) is 0 Å². The third-order valence-corrected chi connectivity index (χ3v) is 5.31. The average molecular weight is 328 g/mol. The van der Waals surface area contributed by atoms with Gasteiger partial charge in [-0.25, -0.2) is 0 Å². The van der Waals surface area contributed by atoms with Crippen LogP contribution in [0.5, 0.6) is 5.75 Å². The minimum absolute atomic E-state index is 0.0308. The Morgan fingerprint density at radius 1 is 0.958 bits per heavy atom. The zero-order valence-corrected chi connectivity index (χ0v) is 15.7. The third kappa shape index (κ3) is 2.89. The summed E-state index contributed by atoms with van der Waals surface area (Å²) in [5.41, 5.74) is 2.75. The SMILES string of the molecule is CC(C)(C)c1cc2c(c(C(C)(C)C)c1)OCC1CC(=O)CC1C2=O. The first kappa shape index (κ1) is 17.2. The van der Waals surface area contributed by atoms with Crippen LogP contribution in [0.2, 0.25) is 0 Å². The molecule has 1 aliphatic carbocycles. The van der Waals surface area contributed by atoms with E-state index in [2.05, 4.69) is 47.6 Å². The first-order chi connectivity index (χ1) is 11.0. The van der Waals surface area contributed by atoms with Crippen LogP contribution < -0.4 is 4.74 Å². The first-order valence-electron chi connectivity index (χ1n) is 8.86. The van der Waals surface area contributed by atoms with Gasteiger partial charge in [0.15, 0.2) is 5.78 Å². The molecule has 130 valence electrons. The predicted octanol–water partition coefficient (Wildman–Crippen LogP) is 4.45. The molecule has 1 aromatic carbocycles. The second kappa shape index (κ2) is 5.44. The van der Waals surface area contributed by atoms with E-state index in [4.69, 9.17) is 4.74 Å². The highest BCUT2D eigenvalue weighted by Gasteiger charge is 2.43. The van der Waals surface area contributed by atoms with E-state index >= 15 is 0 Å². The normalized spacial score (nSPS) is 24.2. The Balaban J connectivity index is 2.20. The molecule has 3 rings (SSSR count). The summed E-state index contributed by atoms with van der Waals surface area (Å²) < 4.78 is 6.13. The van der Waals surface area contributed by atoms with E-state index in [1.54, 1.807) is 0 Å². The topological polar surface area (TPSA) is 43.4 Å². The monoisotopic (exact) mass is 328 g/mol. The van der Waals surface area contributed by atoms with Crippen molar-refractivity contribution >= 4 is 11.6 Å². The van der Waals surface area contributed by atoms with E-state index in [0.717, 1.165) is 16.9 Å². The van der Waals surface area contributed by atoms with Crippen molar-refractivity contribution in [1.29, 1.82) is 0 Å². The summed E-state index contributed by atoms with van der Waals surface area (Å²) in [6.45, 7) is 13.4.